The van der Waals surface area contributed by atoms with Gasteiger partial charge in [-0.05, 0) is 19.9 Å². The van der Waals surface area contributed by atoms with Crippen molar-refractivity contribution < 1.29 is 14.4 Å². The van der Waals surface area contributed by atoms with Gasteiger partial charge in [0.1, 0.15) is 0 Å². The van der Waals surface area contributed by atoms with E-state index < -0.39 is 6.10 Å². The second-order valence-electron chi connectivity index (χ2n) is 2.58. The van der Waals surface area contributed by atoms with Gasteiger partial charge in [-0.3, -0.25) is 4.84 Å². The van der Waals surface area contributed by atoms with E-state index in [1.165, 1.54) is 0 Å². The van der Waals surface area contributed by atoms with Gasteiger partial charge in [0.2, 0.25) is 0 Å². The summed E-state index contributed by atoms with van der Waals surface area (Å²) < 4.78 is 4.76. The zero-order valence-electron chi connectivity index (χ0n) is 7.24. The van der Waals surface area contributed by atoms with Crippen LogP contribution in [0.2, 0.25) is 0 Å². The molecule has 2 atom stereocenters. The monoisotopic (exact) mass is 171 g/mol. The Hall–Kier alpha value is -0.870. The van der Waals surface area contributed by atoms with Gasteiger partial charge in [0.05, 0.1) is 6.61 Å². The largest absolute Gasteiger partial charge is 0.464 e. The van der Waals surface area contributed by atoms with E-state index in [2.05, 4.69) is 5.48 Å². The van der Waals surface area contributed by atoms with E-state index >= 15 is 0 Å². The van der Waals surface area contributed by atoms with Crippen LogP contribution in [0.3, 0.4) is 0 Å². The van der Waals surface area contributed by atoms with Crippen LogP contribution in [0.4, 0.5) is 0 Å². The van der Waals surface area contributed by atoms with Gasteiger partial charge in [0.15, 0.2) is 6.10 Å². The number of hydroxylamine groups is 1. The fraction of sp³-hybridized carbons (Fsp3) is 0.625. The van der Waals surface area contributed by atoms with Crippen molar-refractivity contribution in [1.29, 1.82) is 0 Å². The average Bonchev–Trinajstić information content (AvgIpc) is 2.06. The summed E-state index contributed by atoms with van der Waals surface area (Å²) in [6.45, 7) is 4.07. The Kier molecular flexibility index (Phi) is 3.25. The SMILES string of the molecule is CCOC(=O)[C@H]1C=C[C@@H](C)NO1. The number of rotatable bonds is 2. The van der Waals surface area contributed by atoms with Gasteiger partial charge >= 0.3 is 5.97 Å². The van der Waals surface area contributed by atoms with Gasteiger partial charge in [-0.2, -0.15) is 5.48 Å². The minimum atomic E-state index is -0.596. The summed E-state index contributed by atoms with van der Waals surface area (Å²) in [5, 5.41) is 0. The van der Waals surface area contributed by atoms with E-state index in [4.69, 9.17) is 9.57 Å². The predicted molar refractivity (Wildman–Crippen MR) is 43.2 cm³/mol. The lowest BCUT2D eigenvalue weighted by Gasteiger charge is -2.20. The molecular weight excluding hydrogens is 158 g/mol. The Labute approximate surface area is 71.5 Å². The fourth-order valence-corrected chi connectivity index (χ4v) is 0.878. The summed E-state index contributed by atoms with van der Waals surface area (Å²) in [4.78, 5) is 16.1. The molecule has 1 rings (SSSR count). The maximum Gasteiger partial charge on any atom is 0.341 e. The number of nitrogens with one attached hydrogen (secondary N) is 1. The molecular formula is C8H13NO3. The normalized spacial score (nSPS) is 28.5. The van der Waals surface area contributed by atoms with Crippen molar-refractivity contribution in [2.45, 2.75) is 26.0 Å². The molecule has 0 saturated carbocycles. The van der Waals surface area contributed by atoms with Crippen molar-refractivity contribution in [1.82, 2.24) is 5.48 Å². The van der Waals surface area contributed by atoms with Crippen LogP contribution < -0.4 is 5.48 Å². The van der Waals surface area contributed by atoms with Crippen LogP contribution in [0, 0.1) is 0 Å². The van der Waals surface area contributed by atoms with E-state index in [-0.39, 0.29) is 12.0 Å². The summed E-state index contributed by atoms with van der Waals surface area (Å²) in [6, 6.07) is 0.149. The van der Waals surface area contributed by atoms with Crippen LogP contribution >= 0.6 is 0 Å². The number of carbonyl (C=O) groups is 1. The topological polar surface area (TPSA) is 47.6 Å². The van der Waals surface area contributed by atoms with Gasteiger partial charge < -0.3 is 4.74 Å². The van der Waals surface area contributed by atoms with Gasteiger partial charge in [-0.15, -0.1) is 0 Å². The third-order valence-corrected chi connectivity index (χ3v) is 1.47. The van der Waals surface area contributed by atoms with Crippen LogP contribution in [0.15, 0.2) is 12.2 Å². The van der Waals surface area contributed by atoms with Crippen LogP contribution in [0.5, 0.6) is 0 Å². The van der Waals surface area contributed by atoms with E-state index in [1.807, 2.05) is 13.0 Å². The molecule has 0 amide bonds. The number of esters is 1. The molecule has 68 valence electrons. The fourth-order valence-electron chi connectivity index (χ4n) is 0.878. The molecule has 1 aliphatic rings. The number of carbonyl (C=O) groups excluding carboxylic acids is 1. The third kappa shape index (κ3) is 2.32. The molecule has 1 N–H and O–H groups in total. The smallest absolute Gasteiger partial charge is 0.341 e. The van der Waals surface area contributed by atoms with Crippen molar-refractivity contribution in [2.75, 3.05) is 6.61 Å². The van der Waals surface area contributed by atoms with Crippen LogP contribution in [0.25, 0.3) is 0 Å². The average molecular weight is 171 g/mol. The molecule has 0 aliphatic carbocycles. The summed E-state index contributed by atoms with van der Waals surface area (Å²) in [7, 11) is 0. The highest BCUT2D eigenvalue weighted by Crippen LogP contribution is 2.03. The molecule has 0 aromatic carbocycles. The number of hydrogen-bond donors (Lipinski definition) is 1. The summed E-state index contributed by atoms with van der Waals surface area (Å²) in [5.41, 5.74) is 2.68. The highest BCUT2D eigenvalue weighted by Gasteiger charge is 2.21. The second kappa shape index (κ2) is 4.23. The van der Waals surface area contributed by atoms with Crippen molar-refractivity contribution in [3.63, 3.8) is 0 Å². The van der Waals surface area contributed by atoms with Crippen molar-refractivity contribution in [3.8, 4) is 0 Å². The van der Waals surface area contributed by atoms with Gasteiger partial charge in [-0.25, -0.2) is 4.79 Å². The number of hydrogen-bond acceptors (Lipinski definition) is 4. The molecule has 1 heterocycles. The molecule has 0 bridgehead atoms. The first-order chi connectivity index (χ1) is 5.74. The summed E-state index contributed by atoms with van der Waals surface area (Å²) in [5.74, 6) is -0.354. The first-order valence-corrected chi connectivity index (χ1v) is 4.00. The second-order valence-corrected chi connectivity index (χ2v) is 2.58. The van der Waals surface area contributed by atoms with E-state index in [0.717, 1.165) is 0 Å². The van der Waals surface area contributed by atoms with Crippen molar-refractivity contribution >= 4 is 5.97 Å². The minimum absolute atomic E-state index is 0.149. The maximum atomic E-state index is 11.1. The van der Waals surface area contributed by atoms with Crippen molar-refractivity contribution in [2.24, 2.45) is 0 Å². The van der Waals surface area contributed by atoms with Gasteiger partial charge in [0.25, 0.3) is 0 Å². The first-order valence-electron chi connectivity index (χ1n) is 4.00. The Balaban J connectivity index is 2.43. The molecule has 0 aromatic heterocycles. The molecule has 0 fully saturated rings. The molecule has 0 aromatic rings. The molecule has 0 spiro atoms. The lowest BCUT2D eigenvalue weighted by molar-refractivity contribution is -0.159. The van der Waals surface area contributed by atoms with Gasteiger partial charge in [-0.1, -0.05) is 6.08 Å². The van der Waals surface area contributed by atoms with E-state index in [9.17, 15) is 4.79 Å². The third-order valence-electron chi connectivity index (χ3n) is 1.47. The summed E-state index contributed by atoms with van der Waals surface area (Å²) >= 11 is 0. The highest BCUT2D eigenvalue weighted by atomic mass is 16.7. The molecule has 0 radical (unpaired) electrons. The Bertz CT molecular complexity index is 191. The zero-order valence-corrected chi connectivity index (χ0v) is 7.24. The van der Waals surface area contributed by atoms with Gasteiger partial charge in [0, 0.05) is 6.04 Å². The molecule has 1 aliphatic heterocycles. The quantitative estimate of drug-likeness (QED) is 0.482. The molecule has 0 unspecified atom stereocenters. The lowest BCUT2D eigenvalue weighted by Crippen LogP contribution is -2.38. The summed E-state index contributed by atoms with van der Waals surface area (Å²) in [6.07, 6.45) is 2.96. The Morgan fingerprint density at radius 1 is 1.67 bits per heavy atom. The molecule has 12 heavy (non-hydrogen) atoms. The molecule has 4 nitrogen and oxygen atoms in total. The van der Waals surface area contributed by atoms with Crippen LogP contribution in [0.1, 0.15) is 13.8 Å². The number of ether oxygens (including phenoxy) is 1. The van der Waals surface area contributed by atoms with Crippen LogP contribution in [-0.4, -0.2) is 24.7 Å². The standard InChI is InChI=1S/C8H13NO3/c1-3-11-8(10)7-5-4-6(2)9-12-7/h4-7,9H,3H2,1-2H3/t6-,7-/m1/s1. The zero-order chi connectivity index (χ0) is 8.97. The predicted octanol–water partition coefficient (Wildman–Crippen LogP) is 0.398. The van der Waals surface area contributed by atoms with E-state index in [1.54, 1.807) is 13.0 Å². The minimum Gasteiger partial charge on any atom is -0.464 e. The molecule has 0 saturated heterocycles. The first kappa shape index (κ1) is 9.22. The Morgan fingerprint density at radius 3 is 2.92 bits per heavy atom. The lowest BCUT2D eigenvalue weighted by atomic mass is 10.2. The maximum absolute atomic E-state index is 11.1. The highest BCUT2D eigenvalue weighted by molar-refractivity contribution is 5.77. The molecule has 4 heteroatoms. The van der Waals surface area contributed by atoms with E-state index in [0.29, 0.717) is 6.61 Å². The Morgan fingerprint density at radius 2 is 2.42 bits per heavy atom. The van der Waals surface area contributed by atoms with Crippen LogP contribution in [-0.2, 0) is 14.4 Å². The van der Waals surface area contributed by atoms with Crippen molar-refractivity contribution in [3.05, 3.63) is 12.2 Å².